The maximum absolute atomic E-state index is 10.1. The Kier molecular flexibility index (Phi) is 4.50. The Balaban J connectivity index is 2.01. The molecule has 0 saturated carbocycles. The van der Waals surface area contributed by atoms with Gasteiger partial charge in [0.1, 0.15) is 5.75 Å². The summed E-state index contributed by atoms with van der Waals surface area (Å²) in [7, 11) is 0. The minimum Gasteiger partial charge on any atom is -0.507 e. The summed E-state index contributed by atoms with van der Waals surface area (Å²) in [6.45, 7) is 2.03. The van der Waals surface area contributed by atoms with Crippen molar-refractivity contribution >= 4 is 37.4 Å². The summed E-state index contributed by atoms with van der Waals surface area (Å²) >= 11 is 7.15. The second-order valence-corrected chi connectivity index (χ2v) is 8.02. The second kappa shape index (κ2) is 6.62. The predicted octanol–water partition coefficient (Wildman–Crippen LogP) is 4.60. The summed E-state index contributed by atoms with van der Waals surface area (Å²) in [5, 5.41) is 13.6. The zero-order valence-corrected chi connectivity index (χ0v) is 16.4. The second-order valence-electron chi connectivity index (χ2n) is 6.31. The van der Waals surface area contributed by atoms with E-state index in [2.05, 4.69) is 49.3 Å². The van der Waals surface area contributed by atoms with Crippen LogP contribution in [0.3, 0.4) is 0 Å². The van der Waals surface area contributed by atoms with E-state index in [-0.39, 0.29) is 0 Å². The van der Waals surface area contributed by atoms with E-state index in [4.69, 9.17) is 4.98 Å². The van der Waals surface area contributed by atoms with Crippen LogP contribution in [-0.2, 0) is 12.8 Å². The van der Waals surface area contributed by atoms with Crippen molar-refractivity contribution in [2.75, 3.05) is 13.1 Å². The molecule has 2 aromatic rings. The molecule has 2 aliphatic rings. The standard InChI is InChI=1S/C19H18Br2N2O/c20-13-9-12-1-2-15-14(3-4-16(24)18(15)21)17(19(12)23-10-13)11-5-7-22-8-6-11/h3-4,9-10,22,24H,1-2,5-8H2. The molecule has 0 radical (unpaired) electrons. The van der Waals surface area contributed by atoms with Crippen LogP contribution in [0.4, 0.5) is 0 Å². The summed E-state index contributed by atoms with van der Waals surface area (Å²) in [5.74, 6) is 0.309. The lowest BCUT2D eigenvalue weighted by Gasteiger charge is -2.22. The monoisotopic (exact) mass is 448 g/mol. The molecule has 0 atom stereocenters. The van der Waals surface area contributed by atoms with Gasteiger partial charge in [0.2, 0.25) is 0 Å². The Labute approximate surface area is 158 Å². The number of pyridine rings is 1. The van der Waals surface area contributed by atoms with Crippen LogP contribution in [0.25, 0.3) is 5.57 Å². The van der Waals surface area contributed by atoms with Gasteiger partial charge >= 0.3 is 0 Å². The molecule has 1 aromatic carbocycles. The molecule has 1 aliphatic carbocycles. The van der Waals surface area contributed by atoms with Crippen molar-refractivity contribution < 1.29 is 5.11 Å². The zero-order chi connectivity index (χ0) is 16.7. The van der Waals surface area contributed by atoms with Crippen LogP contribution in [-0.4, -0.2) is 23.2 Å². The van der Waals surface area contributed by atoms with Crippen LogP contribution >= 0.6 is 31.9 Å². The minimum atomic E-state index is 0.309. The Hall–Kier alpha value is -1.17. The molecule has 0 bridgehead atoms. The number of piperidine rings is 1. The van der Waals surface area contributed by atoms with E-state index in [9.17, 15) is 5.11 Å². The zero-order valence-electron chi connectivity index (χ0n) is 13.2. The highest BCUT2D eigenvalue weighted by atomic mass is 79.9. The number of fused-ring (bicyclic) bond motifs is 2. The normalized spacial score (nSPS) is 17.2. The van der Waals surface area contributed by atoms with E-state index in [0.29, 0.717) is 5.75 Å². The van der Waals surface area contributed by atoms with Crippen molar-refractivity contribution in [3.05, 3.63) is 61.3 Å². The van der Waals surface area contributed by atoms with Crippen molar-refractivity contribution in [3.63, 3.8) is 0 Å². The summed E-state index contributed by atoms with van der Waals surface area (Å²) in [6, 6.07) is 6.02. The van der Waals surface area contributed by atoms with Gasteiger partial charge in [0.05, 0.1) is 10.2 Å². The first-order chi connectivity index (χ1) is 11.6. The molecule has 5 heteroatoms. The van der Waals surface area contributed by atoms with Gasteiger partial charge in [-0.15, -0.1) is 0 Å². The largest absolute Gasteiger partial charge is 0.507 e. The number of aromatic hydroxyl groups is 1. The first kappa shape index (κ1) is 16.3. The topological polar surface area (TPSA) is 45.2 Å². The number of aryl methyl sites for hydroxylation is 1. The molecule has 1 fully saturated rings. The number of nitrogens with one attached hydrogen (secondary N) is 1. The van der Waals surface area contributed by atoms with Gasteiger partial charge in [-0.3, -0.25) is 4.98 Å². The molecular weight excluding hydrogens is 432 g/mol. The maximum Gasteiger partial charge on any atom is 0.130 e. The van der Waals surface area contributed by atoms with E-state index in [1.807, 2.05) is 6.20 Å². The van der Waals surface area contributed by atoms with Crippen LogP contribution in [0.1, 0.15) is 35.2 Å². The smallest absolute Gasteiger partial charge is 0.130 e. The molecule has 24 heavy (non-hydrogen) atoms. The van der Waals surface area contributed by atoms with Crippen molar-refractivity contribution in [2.24, 2.45) is 0 Å². The minimum absolute atomic E-state index is 0.309. The third kappa shape index (κ3) is 2.83. The number of aromatic nitrogens is 1. The van der Waals surface area contributed by atoms with Gasteiger partial charge in [-0.05, 0) is 99.5 Å². The van der Waals surface area contributed by atoms with Gasteiger partial charge in [-0.2, -0.15) is 0 Å². The molecule has 1 aromatic heterocycles. The number of phenols is 1. The lowest BCUT2D eigenvalue weighted by molar-refractivity contribution is 0.471. The fourth-order valence-electron chi connectivity index (χ4n) is 3.71. The molecule has 0 unspecified atom stereocenters. The van der Waals surface area contributed by atoms with Crippen molar-refractivity contribution in [2.45, 2.75) is 25.7 Å². The molecule has 1 aliphatic heterocycles. The molecule has 2 N–H and O–H groups in total. The summed E-state index contributed by atoms with van der Waals surface area (Å²) in [6.07, 6.45) is 5.80. The molecule has 124 valence electrons. The van der Waals surface area contributed by atoms with Gasteiger partial charge in [0.25, 0.3) is 0 Å². The lowest BCUT2D eigenvalue weighted by Crippen LogP contribution is -2.24. The van der Waals surface area contributed by atoms with Gasteiger partial charge in [0, 0.05) is 16.2 Å². The van der Waals surface area contributed by atoms with E-state index in [0.717, 1.165) is 53.4 Å². The number of nitrogens with zero attached hydrogens (tertiary/aromatic N) is 1. The van der Waals surface area contributed by atoms with E-state index >= 15 is 0 Å². The molecular formula is C19H18Br2N2O. The van der Waals surface area contributed by atoms with Gasteiger partial charge in [0.15, 0.2) is 0 Å². The Bertz CT molecular complexity index is 838. The summed E-state index contributed by atoms with van der Waals surface area (Å²) < 4.78 is 1.84. The molecule has 1 saturated heterocycles. The number of hydrogen-bond donors (Lipinski definition) is 2. The SMILES string of the molecule is Oc1ccc2c(c1Br)CCc1cc(Br)cnc1C2=C1CCNCC1. The van der Waals surface area contributed by atoms with Crippen LogP contribution in [0.15, 0.2) is 38.9 Å². The average molecular weight is 450 g/mol. The number of hydrogen-bond acceptors (Lipinski definition) is 3. The highest BCUT2D eigenvalue weighted by Crippen LogP contribution is 2.42. The van der Waals surface area contributed by atoms with Crippen LogP contribution < -0.4 is 5.32 Å². The van der Waals surface area contributed by atoms with E-state index in [1.54, 1.807) is 6.07 Å². The molecule has 4 rings (SSSR count). The molecule has 2 heterocycles. The lowest BCUT2D eigenvalue weighted by atomic mass is 9.89. The number of halogens is 2. The average Bonchev–Trinajstić information content (AvgIpc) is 2.76. The predicted molar refractivity (Wildman–Crippen MR) is 103 cm³/mol. The van der Waals surface area contributed by atoms with Crippen molar-refractivity contribution in [1.82, 2.24) is 10.3 Å². The van der Waals surface area contributed by atoms with Crippen molar-refractivity contribution in [3.8, 4) is 5.75 Å². The fourth-order valence-corrected chi connectivity index (χ4v) is 4.63. The molecule has 0 amide bonds. The quantitative estimate of drug-likeness (QED) is 0.617. The third-order valence-electron chi connectivity index (χ3n) is 4.87. The van der Waals surface area contributed by atoms with E-state index in [1.165, 1.54) is 27.8 Å². The number of benzene rings is 1. The van der Waals surface area contributed by atoms with Gasteiger partial charge in [-0.25, -0.2) is 0 Å². The number of rotatable bonds is 0. The van der Waals surface area contributed by atoms with Gasteiger partial charge in [-0.1, -0.05) is 11.6 Å². The van der Waals surface area contributed by atoms with Crippen LogP contribution in [0.2, 0.25) is 0 Å². The highest BCUT2D eigenvalue weighted by Gasteiger charge is 2.25. The molecule has 3 nitrogen and oxygen atoms in total. The Morgan fingerprint density at radius 1 is 1.04 bits per heavy atom. The Morgan fingerprint density at radius 3 is 2.62 bits per heavy atom. The van der Waals surface area contributed by atoms with Crippen LogP contribution in [0, 0.1) is 0 Å². The highest BCUT2D eigenvalue weighted by molar-refractivity contribution is 9.10. The third-order valence-corrected chi connectivity index (χ3v) is 6.19. The molecule has 0 spiro atoms. The maximum atomic E-state index is 10.1. The van der Waals surface area contributed by atoms with Crippen molar-refractivity contribution in [1.29, 1.82) is 0 Å². The summed E-state index contributed by atoms with van der Waals surface area (Å²) in [5.41, 5.74) is 7.51. The fraction of sp³-hybridized carbons (Fsp3) is 0.316. The number of phenolic OH excluding ortho intramolecular Hbond substituents is 1. The van der Waals surface area contributed by atoms with Crippen LogP contribution in [0.5, 0.6) is 5.75 Å². The summed E-state index contributed by atoms with van der Waals surface area (Å²) in [4.78, 5) is 4.78. The van der Waals surface area contributed by atoms with Gasteiger partial charge < -0.3 is 10.4 Å². The van der Waals surface area contributed by atoms with E-state index < -0.39 is 0 Å². The first-order valence-corrected chi connectivity index (χ1v) is 9.82. The Morgan fingerprint density at radius 2 is 1.83 bits per heavy atom. The first-order valence-electron chi connectivity index (χ1n) is 8.23.